The highest BCUT2D eigenvalue weighted by molar-refractivity contribution is 7.92. The second kappa shape index (κ2) is 4.51. The Labute approximate surface area is 112 Å². The number of carbonyl (C=O) groups excluding carboxylic acids is 3. The molecule has 106 valence electrons. The lowest BCUT2D eigenvalue weighted by Crippen LogP contribution is -2.56. The Morgan fingerprint density at radius 3 is 2.32 bits per heavy atom. The summed E-state index contributed by atoms with van der Waals surface area (Å²) in [5.41, 5.74) is 0. The maximum absolute atomic E-state index is 12.5. The van der Waals surface area contributed by atoms with Crippen LogP contribution in [0.4, 0.5) is 0 Å². The van der Waals surface area contributed by atoms with Gasteiger partial charge in [0, 0.05) is 18.6 Å². The van der Waals surface area contributed by atoms with E-state index in [9.17, 15) is 22.8 Å². The van der Waals surface area contributed by atoms with Gasteiger partial charge in [-0.05, 0) is 25.7 Å². The normalized spacial score (nSPS) is 32.4. The lowest BCUT2D eigenvalue weighted by Gasteiger charge is -2.35. The zero-order valence-electron chi connectivity index (χ0n) is 11.1. The Hall–Kier alpha value is -1.04. The second-order valence-electron chi connectivity index (χ2n) is 5.56. The van der Waals surface area contributed by atoms with E-state index in [0.717, 1.165) is 6.26 Å². The Morgan fingerprint density at radius 2 is 1.89 bits per heavy atom. The number of rotatable bonds is 4. The summed E-state index contributed by atoms with van der Waals surface area (Å²) in [6, 6.07) is 0. The van der Waals surface area contributed by atoms with E-state index in [1.165, 1.54) is 0 Å². The number of hydrogen-bond donors (Lipinski definition) is 0. The van der Waals surface area contributed by atoms with E-state index >= 15 is 0 Å². The van der Waals surface area contributed by atoms with E-state index in [0.29, 0.717) is 12.8 Å². The molecule has 0 aromatic rings. The van der Waals surface area contributed by atoms with Gasteiger partial charge >= 0.3 is 0 Å². The summed E-state index contributed by atoms with van der Waals surface area (Å²) in [4.78, 5) is 36.4. The van der Waals surface area contributed by atoms with Gasteiger partial charge < -0.3 is 0 Å². The highest BCUT2D eigenvalue weighted by Crippen LogP contribution is 2.40. The molecule has 0 amide bonds. The van der Waals surface area contributed by atoms with Crippen LogP contribution in [0, 0.1) is 11.8 Å². The molecule has 2 saturated carbocycles. The van der Waals surface area contributed by atoms with Crippen LogP contribution in [-0.2, 0) is 24.2 Å². The fraction of sp³-hybridized carbons (Fsp3) is 0.769. The van der Waals surface area contributed by atoms with E-state index in [1.807, 2.05) is 0 Å². The Balaban J connectivity index is 2.42. The monoisotopic (exact) mass is 286 g/mol. The molecule has 0 bridgehead atoms. The van der Waals surface area contributed by atoms with Gasteiger partial charge in [-0.15, -0.1) is 0 Å². The van der Waals surface area contributed by atoms with Crippen LogP contribution in [0.3, 0.4) is 0 Å². The van der Waals surface area contributed by atoms with Crippen molar-refractivity contribution in [3.8, 4) is 0 Å². The van der Waals surface area contributed by atoms with E-state index in [1.54, 1.807) is 6.92 Å². The zero-order valence-corrected chi connectivity index (χ0v) is 12.0. The fourth-order valence-electron chi connectivity index (χ4n) is 2.87. The van der Waals surface area contributed by atoms with Crippen LogP contribution < -0.4 is 0 Å². The van der Waals surface area contributed by atoms with Crippen LogP contribution in [0.2, 0.25) is 0 Å². The van der Waals surface area contributed by atoms with Gasteiger partial charge in [-0.1, -0.05) is 6.92 Å². The van der Waals surface area contributed by atoms with Crippen LogP contribution in [-0.4, -0.2) is 36.8 Å². The molecule has 2 rings (SSSR count). The summed E-state index contributed by atoms with van der Waals surface area (Å²) in [5, 5.41) is 0. The average Bonchev–Trinajstić information content (AvgIpc) is 3.11. The summed E-state index contributed by atoms with van der Waals surface area (Å²) in [7, 11) is -3.64. The van der Waals surface area contributed by atoms with E-state index in [4.69, 9.17) is 0 Å². The number of carbonyl (C=O) groups is 3. The molecule has 2 unspecified atom stereocenters. The van der Waals surface area contributed by atoms with Crippen molar-refractivity contribution in [1.29, 1.82) is 0 Å². The van der Waals surface area contributed by atoms with Crippen molar-refractivity contribution in [2.45, 2.75) is 43.8 Å². The number of sulfone groups is 1. The molecule has 2 fully saturated rings. The standard InChI is InChI=1S/C13H18O5S/c1-3-13(19(2,17)18)7-6-9(14)10(12(13)16)11(15)8-4-5-8/h8,10H,3-7H2,1-2H3. The summed E-state index contributed by atoms with van der Waals surface area (Å²) in [6.07, 6.45) is 2.54. The molecule has 0 radical (unpaired) electrons. The van der Waals surface area contributed by atoms with Gasteiger partial charge in [-0.2, -0.15) is 0 Å². The van der Waals surface area contributed by atoms with Crippen molar-refractivity contribution in [3.63, 3.8) is 0 Å². The van der Waals surface area contributed by atoms with Crippen LogP contribution in [0.15, 0.2) is 0 Å². The summed E-state index contributed by atoms with van der Waals surface area (Å²) < 4.78 is 22.4. The maximum atomic E-state index is 12.5. The minimum atomic E-state index is -3.64. The van der Waals surface area contributed by atoms with Crippen molar-refractivity contribution in [3.05, 3.63) is 0 Å². The first-order valence-corrected chi connectivity index (χ1v) is 8.44. The third kappa shape index (κ3) is 2.16. The molecule has 0 saturated heterocycles. The predicted molar refractivity (Wildman–Crippen MR) is 68.3 cm³/mol. The summed E-state index contributed by atoms with van der Waals surface area (Å²) >= 11 is 0. The smallest absolute Gasteiger partial charge is 0.171 e. The first-order valence-electron chi connectivity index (χ1n) is 6.55. The lowest BCUT2D eigenvalue weighted by atomic mass is 9.74. The Kier molecular flexibility index (Phi) is 3.41. The van der Waals surface area contributed by atoms with Crippen LogP contribution in [0.5, 0.6) is 0 Å². The van der Waals surface area contributed by atoms with E-state index in [-0.39, 0.29) is 31.0 Å². The number of hydrogen-bond acceptors (Lipinski definition) is 5. The van der Waals surface area contributed by atoms with E-state index in [2.05, 4.69) is 0 Å². The van der Waals surface area contributed by atoms with Crippen molar-refractivity contribution in [1.82, 2.24) is 0 Å². The largest absolute Gasteiger partial charge is 0.298 e. The number of Topliss-reactive ketones (excluding diaryl/α,β-unsaturated/α-hetero) is 3. The van der Waals surface area contributed by atoms with Crippen molar-refractivity contribution in [2.75, 3.05) is 6.26 Å². The maximum Gasteiger partial charge on any atom is 0.171 e. The highest BCUT2D eigenvalue weighted by atomic mass is 32.2. The van der Waals surface area contributed by atoms with Gasteiger partial charge in [0.25, 0.3) is 0 Å². The SMILES string of the molecule is CCC1(S(C)(=O)=O)CCC(=O)C(C(=O)C2CC2)C1=O. The van der Waals surface area contributed by atoms with Crippen molar-refractivity contribution >= 4 is 27.2 Å². The van der Waals surface area contributed by atoms with Gasteiger partial charge in [0.2, 0.25) is 0 Å². The fourth-order valence-corrected chi connectivity index (χ4v) is 4.36. The minimum absolute atomic E-state index is 0.00419. The molecule has 5 nitrogen and oxygen atoms in total. The highest BCUT2D eigenvalue weighted by Gasteiger charge is 2.57. The first kappa shape index (κ1) is 14.4. The van der Waals surface area contributed by atoms with Gasteiger partial charge in [0.15, 0.2) is 27.2 Å². The van der Waals surface area contributed by atoms with Crippen LogP contribution in [0.25, 0.3) is 0 Å². The molecule has 2 atom stereocenters. The lowest BCUT2D eigenvalue weighted by molar-refractivity contribution is -0.144. The zero-order chi connectivity index (χ0) is 14.4. The molecule has 0 heterocycles. The van der Waals surface area contributed by atoms with Crippen molar-refractivity contribution < 1.29 is 22.8 Å². The third-order valence-electron chi connectivity index (χ3n) is 4.35. The topological polar surface area (TPSA) is 85.3 Å². The Morgan fingerprint density at radius 1 is 1.32 bits per heavy atom. The Bertz CT molecular complexity index is 543. The summed E-state index contributed by atoms with van der Waals surface area (Å²) in [5.74, 6) is -3.02. The number of ketones is 3. The third-order valence-corrected chi connectivity index (χ3v) is 6.47. The molecule has 2 aliphatic carbocycles. The molecular weight excluding hydrogens is 268 g/mol. The summed E-state index contributed by atoms with van der Waals surface area (Å²) in [6.45, 7) is 1.62. The molecule has 0 aliphatic heterocycles. The quantitative estimate of drug-likeness (QED) is 0.710. The molecule has 0 aromatic carbocycles. The molecule has 0 aromatic heterocycles. The van der Waals surface area contributed by atoms with E-state index < -0.39 is 32.1 Å². The second-order valence-corrected chi connectivity index (χ2v) is 7.89. The minimum Gasteiger partial charge on any atom is -0.298 e. The molecule has 19 heavy (non-hydrogen) atoms. The van der Waals surface area contributed by atoms with Gasteiger partial charge in [0.1, 0.15) is 10.7 Å². The van der Waals surface area contributed by atoms with Gasteiger partial charge in [-0.3, -0.25) is 14.4 Å². The van der Waals surface area contributed by atoms with Gasteiger partial charge in [0.05, 0.1) is 0 Å². The molecule has 0 N–H and O–H groups in total. The van der Waals surface area contributed by atoms with Crippen LogP contribution in [0.1, 0.15) is 39.0 Å². The molecule has 0 spiro atoms. The van der Waals surface area contributed by atoms with Crippen LogP contribution >= 0.6 is 0 Å². The first-order chi connectivity index (χ1) is 8.74. The molecule has 2 aliphatic rings. The average molecular weight is 286 g/mol. The van der Waals surface area contributed by atoms with Gasteiger partial charge in [-0.25, -0.2) is 8.42 Å². The predicted octanol–water partition coefficient (Wildman–Crippen LogP) is 0.707. The molecule has 6 heteroatoms. The molecular formula is C13H18O5S. The van der Waals surface area contributed by atoms with Crippen molar-refractivity contribution in [2.24, 2.45) is 11.8 Å².